The number of methoxy groups -OCH3 is 1. The number of hydrogen-bond acceptors (Lipinski definition) is 5. The summed E-state index contributed by atoms with van der Waals surface area (Å²) in [5.41, 5.74) is 2.89. The van der Waals surface area contributed by atoms with Crippen LogP contribution in [0.15, 0.2) is 42.5 Å². The maximum absolute atomic E-state index is 13.7. The first-order chi connectivity index (χ1) is 19.7. The van der Waals surface area contributed by atoms with Gasteiger partial charge in [0, 0.05) is 31.4 Å². The molecule has 0 aromatic heterocycles. The Bertz CT molecular complexity index is 1180. The van der Waals surface area contributed by atoms with Crippen LogP contribution in [-0.4, -0.2) is 61.5 Å². The first-order valence-corrected chi connectivity index (χ1v) is 14.9. The van der Waals surface area contributed by atoms with E-state index in [1.165, 1.54) is 0 Å². The van der Waals surface area contributed by atoms with Gasteiger partial charge in [-0.15, -0.1) is 0 Å². The molecule has 1 N–H and O–H groups in total. The van der Waals surface area contributed by atoms with Crippen molar-refractivity contribution in [3.05, 3.63) is 53.6 Å². The summed E-state index contributed by atoms with van der Waals surface area (Å²) in [5, 5.41) is 9.35. The van der Waals surface area contributed by atoms with Gasteiger partial charge in [-0.1, -0.05) is 24.6 Å². The number of benzene rings is 2. The Morgan fingerprint density at radius 2 is 1.76 bits per heavy atom. The second-order valence-electron chi connectivity index (χ2n) is 11.9. The van der Waals surface area contributed by atoms with Crippen molar-refractivity contribution < 1.29 is 32.5 Å². The lowest BCUT2D eigenvalue weighted by Gasteiger charge is -2.39. The van der Waals surface area contributed by atoms with Gasteiger partial charge in [0.1, 0.15) is 17.5 Å². The topological polar surface area (TPSA) is 62.2 Å². The Balaban J connectivity index is 0.00000405. The van der Waals surface area contributed by atoms with Gasteiger partial charge in [0.15, 0.2) is 0 Å². The van der Waals surface area contributed by atoms with Gasteiger partial charge < -0.3 is 19.5 Å². The molecule has 1 unspecified atom stereocenters. The predicted molar refractivity (Wildman–Crippen MR) is 162 cm³/mol. The molecule has 232 valence electrons. The van der Waals surface area contributed by atoms with Gasteiger partial charge in [-0.25, -0.2) is 0 Å². The molecule has 2 saturated heterocycles. The van der Waals surface area contributed by atoms with Crippen molar-refractivity contribution >= 4 is 25.2 Å². The predicted octanol–water partition coefficient (Wildman–Crippen LogP) is 6.99. The molecule has 3 fully saturated rings. The smallest absolute Gasteiger partial charge is 0.404 e. The van der Waals surface area contributed by atoms with Crippen LogP contribution in [0.3, 0.4) is 0 Å². The number of alkyl halides is 3. The van der Waals surface area contributed by atoms with Crippen molar-refractivity contribution in [1.82, 2.24) is 4.90 Å². The third kappa shape index (κ3) is 8.28. The molecule has 10 heteroatoms. The molecule has 2 aromatic rings. The molecule has 2 aliphatic heterocycles. The molecule has 0 spiro atoms. The molecular formula is C32H43F3N2O4S. The summed E-state index contributed by atoms with van der Waals surface area (Å²) >= 11 is 0. The number of carboxylic acid groups (broad SMARTS) is 1. The molecule has 0 radical (unpaired) electrons. The van der Waals surface area contributed by atoms with Crippen LogP contribution in [0.25, 0.3) is 0 Å². The van der Waals surface area contributed by atoms with E-state index in [0.29, 0.717) is 37.2 Å². The van der Waals surface area contributed by atoms with E-state index in [4.69, 9.17) is 9.47 Å². The summed E-state index contributed by atoms with van der Waals surface area (Å²) in [4.78, 5) is 15.2. The van der Waals surface area contributed by atoms with E-state index in [9.17, 15) is 23.1 Å². The molecular weight excluding hydrogens is 565 g/mol. The van der Waals surface area contributed by atoms with Crippen LogP contribution in [0, 0.1) is 11.8 Å². The van der Waals surface area contributed by atoms with E-state index in [-0.39, 0.29) is 38.8 Å². The fourth-order valence-corrected chi connectivity index (χ4v) is 6.50. The Labute approximate surface area is 253 Å². The lowest BCUT2D eigenvalue weighted by Crippen LogP contribution is -2.48. The Hall–Kier alpha value is -2.59. The number of nitrogens with zero attached hydrogens (tertiary/aromatic N) is 2. The largest absolute Gasteiger partial charge is 0.497 e. The van der Waals surface area contributed by atoms with Gasteiger partial charge in [-0.2, -0.15) is 26.7 Å². The summed E-state index contributed by atoms with van der Waals surface area (Å²) in [6.45, 7) is 2.88. The van der Waals surface area contributed by atoms with Gasteiger partial charge in [0.2, 0.25) is 0 Å². The SMILES string of the molecule is COc1ccc(CN2CCCCC2C(F)(F)F)c(N2CCC(COc3cccc([C@@H](CC(=O)O)C4CC4)c3)CC2)c1.S. The van der Waals surface area contributed by atoms with E-state index >= 15 is 0 Å². The van der Waals surface area contributed by atoms with Gasteiger partial charge >= 0.3 is 12.1 Å². The van der Waals surface area contributed by atoms with Crippen molar-refractivity contribution in [2.75, 3.05) is 38.3 Å². The third-order valence-electron chi connectivity index (χ3n) is 8.97. The first-order valence-electron chi connectivity index (χ1n) is 14.9. The number of aliphatic carboxylic acids is 1. The average Bonchev–Trinajstić information content (AvgIpc) is 3.81. The zero-order valence-corrected chi connectivity index (χ0v) is 25.2. The number of anilines is 1. The molecule has 0 amide bonds. The summed E-state index contributed by atoms with van der Waals surface area (Å²) in [5.74, 6) is 1.55. The first kappa shape index (κ1) is 32.3. The maximum atomic E-state index is 13.7. The summed E-state index contributed by atoms with van der Waals surface area (Å²) in [6.07, 6.45) is 1.46. The minimum absolute atomic E-state index is 0. The van der Waals surface area contributed by atoms with Crippen molar-refractivity contribution in [3.63, 3.8) is 0 Å². The monoisotopic (exact) mass is 608 g/mol. The highest BCUT2D eigenvalue weighted by Gasteiger charge is 2.44. The Morgan fingerprint density at radius 3 is 2.43 bits per heavy atom. The number of carbonyl (C=O) groups is 1. The molecule has 3 aliphatic rings. The Morgan fingerprint density at radius 1 is 1.00 bits per heavy atom. The van der Waals surface area contributed by atoms with E-state index in [0.717, 1.165) is 67.8 Å². The molecule has 2 atom stereocenters. The lowest BCUT2D eigenvalue weighted by atomic mass is 9.91. The fourth-order valence-electron chi connectivity index (χ4n) is 6.50. The van der Waals surface area contributed by atoms with Crippen molar-refractivity contribution in [2.24, 2.45) is 11.8 Å². The molecule has 0 bridgehead atoms. The summed E-state index contributed by atoms with van der Waals surface area (Å²) < 4.78 is 52.9. The average molecular weight is 609 g/mol. The van der Waals surface area contributed by atoms with Crippen LogP contribution in [0.4, 0.5) is 18.9 Å². The normalized spacial score (nSPS) is 21.0. The molecule has 42 heavy (non-hydrogen) atoms. The number of hydrogen-bond donors (Lipinski definition) is 1. The minimum Gasteiger partial charge on any atom is -0.497 e. The molecule has 5 rings (SSSR count). The lowest BCUT2D eigenvalue weighted by molar-refractivity contribution is -0.192. The maximum Gasteiger partial charge on any atom is 0.404 e. The van der Waals surface area contributed by atoms with Crippen LogP contribution in [0.2, 0.25) is 0 Å². The highest BCUT2D eigenvalue weighted by Crippen LogP contribution is 2.45. The van der Waals surface area contributed by atoms with Crippen LogP contribution in [0.5, 0.6) is 11.5 Å². The van der Waals surface area contributed by atoms with Gasteiger partial charge in [-0.3, -0.25) is 9.69 Å². The van der Waals surface area contributed by atoms with Crippen LogP contribution in [0.1, 0.15) is 68.4 Å². The minimum atomic E-state index is -4.22. The van der Waals surface area contributed by atoms with Crippen molar-refractivity contribution in [3.8, 4) is 11.5 Å². The zero-order valence-electron chi connectivity index (χ0n) is 24.2. The van der Waals surface area contributed by atoms with Crippen LogP contribution < -0.4 is 14.4 Å². The molecule has 2 heterocycles. The van der Waals surface area contributed by atoms with E-state index < -0.39 is 18.2 Å². The standard InChI is InChI=1S/C32H41F3N2O4.H2S/c1-40-26-11-10-25(20-37-14-3-2-7-30(37)32(33,34)35)29(18-26)36-15-12-22(13-16-36)21-41-27-6-4-5-24(17-27)28(19-31(38)39)23-8-9-23;/h4-6,10-11,17-18,22-23,28,30H,2-3,7-9,12-16,19-21H2,1H3,(H,38,39);1H2/t28-,30?;/m0./s1. The highest BCUT2D eigenvalue weighted by molar-refractivity contribution is 7.59. The van der Waals surface area contributed by atoms with Gasteiger partial charge in [-0.05, 0) is 92.1 Å². The van der Waals surface area contributed by atoms with Crippen molar-refractivity contribution in [1.29, 1.82) is 0 Å². The quantitative estimate of drug-likeness (QED) is 0.297. The zero-order chi connectivity index (χ0) is 29.0. The number of ether oxygens (including phenoxy) is 2. The molecule has 1 saturated carbocycles. The Kier molecular flexibility index (Phi) is 11.0. The fraction of sp³-hybridized carbons (Fsp3) is 0.594. The van der Waals surface area contributed by atoms with Crippen LogP contribution >= 0.6 is 13.5 Å². The number of halogens is 3. The van der Waals surface area contributed by atoms with E-state index in [2.05, 4.69) is 4.90 Å². The van der Waals surface area contributed by atoms with E-state index in [1.54, 1.807) is 12.0 Å². The number of likely N-dealkylation sites (tertiary alicyclic amines) is 1. The number of carboxylic acids is 1. The van der Waals surface area contributed by atoms with Gasteiger partial charge in [0.05, 0.1) is 20.1 Å². The number of rotatable bonds is 11. The molecule has 6 nitrogen and oxygen atoms in total. The highest BCUT2D eigenvalue weighted by atomic mass is 32.1. The van der Waals surface area contributed by atoms with E-state index in [1.807, 2.05) is 42.5 Å². The van der Waals surface area contributed by atoms with Gasteiger partial charge in [0.25, 0.3) is 0 Å². The summed E-state index contributed by atoms with van der Waals surface area (Å²) in [7, 11) is 1.61. The molecule has 1 aliphatic carbocycles. The molecule has 2 aromatic carbocycles. The second-order valence-corrected chi connectivity index (χ2v) is 11.9. The number of piperidine rings is 2. The second kappa shape index (κ2) is 14.3. The summed E-state index contributed by atoms with van der Waals surface area (Å²) in [6, 6.07) is 12.2. The third-order valence-corrected chi connectivity index (χ3v) is 8.97. The van der Waals surface area contributed by atoms with Crippen molar-refractivity contribution in [2.45, 2.75) is 76.0 Å². The van der Waals surface area contributed by atoms with Crippen LogP contribution in [-0.2, 0) is 11.3 Å².